The second-order valence-corrected chi connectivity index (χ2v) is 3.72. The Hall–Kier alpha value is -0.700. The third-order valence-corrected chi connectivity index (χ3v) is 2.66. The lowest BCUT2D eigenvalue weighted by molar-refractivity contribution is -0.155. The Morgan fingerprint density at radius 3 is 2.14 bits per heavy atom. The molecular weight excluding hydrogens is 180 g/mol. The third-order valence-electron chi connectivity index (χ3n) is 2.66. The van der Waals surface area contributed by atoms with E-state index in [1.54, 1.807) is 20.8 Å². The first-order valence-corrected chi connectivity index (χ1v) is 5.09. The molecule has 0 amide bonds. The minimum atomic E-state index is -0.815. The number of hydrogen-bond donors (Lipinski definition) is 0. The van der Waals surface area contributed by atoms with Crippen LogP contribution in [0.25, 0.3) is 0 Å². The summed E-state index contributed by atoms with van der Waals surface area (Å²) >= 11 is 0. The predicted molar refractivity (Wildman–Crippen MR) is 55.2 cm³/mol. The molecule has 3 nitrogen and oxygen atoms in total. The Morgan fingerprint density at radius 2 is 1.86 bits per heavy atom. The standard InChI is InChI=1S/C11H20O3/c1-6-10(13)8(3)14-11(5,7-2)9(4)12/h8H,6-7H2,1-5H3. The SMILES string of the molecule is CCC(=O)C(C)OC(C)(CC)C(C)=O. The Bertz CT molecular complexity index is 223. The number of hydrogen-bond acceptors (Lipinski definition) is 3. The number of carbonyl (C=O) groups is 2. The third kappa shape index (κ3) is 3.22. The number of rotatable bonds is 6. The van der Waals surface area contributed by atoms with Gasteiger partial charge in [0.25, 0.3) is 0 Å². The average Bonchev–Trinajstić information content (AvgIpc) is 2.15. The molecule has 2 atom stereocenters. The van der Waals surface area contributed by atoms with E-state index in [0.29, 0.717) is 12.8 Å². The fourth-order valence-corrected chi connectivity index (χ4v) is 1.16. The topological polar surface area (TPSA) is 43.4 Å². The molecule has 0 bridgehead atoms. The zero-order valence-electron chi connectivity index (χ0n) is 9.72. The fraction of sp³-hybridized carbons (Fsp3) is 0.818. The second kappa shape index (κ2) is 5.25. The molecule has 2 unspecified atom stereocenters. The van der Waals surface area contributed by atoms with Crippen LogP contribution in [0.1, 0.15) is 47.5 Å². The summed E-state index contributed by atoms with van der Waals surface area (Å²) in [6.07, 6.45) is 0.538. The van der Waals surface area contributed by atoms with Crippen molar-refractivity contribution in [3.8, 4) is 0 Å². The van der Waals surface area contributed by atoms with Gasteiger partial charge in [0.15, 0.2) is 11.6 Å². The van der Waals surface area contributed by atoms with Gasteiger partial charge in [-0.05, 0) is 27.2 Å². The highest BCUT2D eigenvalue weighted by molar-refractivity contribution is 5.86. The van der Waals surface area contributed by atoms with Gasteiger partial charge in [-0.2, -0.15) is 0 Å². The maximum Gasteiger partial charge on any atom is 0.161 e. The molecule has 0 radical (unpaired) electrons. The van der Waals surface area contributed by atoms with Crippen LogP contribution in [-0.4, -0.2) is 23.3 Å². The van der Waals surface area contributed by atoms with E-state index < -0.39 is 11.7 Å². The van der Waals surface area contributed by atoms with E-state index >= 15 is 0 Å². The first-order valence-electron chi connectivity index (χ1n) is 5.09. The summed E-state index contributed by atoms with van der Waals surface area (Å²) in [7, 11) is 0. The molecule has 0 rings (SSSR count). The zero-order valence-corrected chi connectivity index (χ0v) is 9.72. The molecule has 3 heteroatoms. The first kappa shape index (κ1) is 13.3. The van der Waals surface area contributed by atoms with Crippen LogP contribution in [0.15, 0.2) is 0 Å². The van der Waals surface area contributed by atoms with Gasteiger partial charge in [0.2, 0.25) is 0 Å². The summed E-state index contributed by atoms with van der Waals surface area (Å²) in [6, 6.07) is 0. The second-order valence-electron chi connectivity index (χ2n) is 3.72. The van der Waals surface area contributed by atoms with E-state index in [1.807, 2.05) is 6.92 Å². The molecule has 0 aromatic rings. The van der Waals surface area contributed by atoms with Gasteiger partial charge in [0.05, 0.1) is 0 Å². The molecular formula is C11H20O3. The lowest BCUT2D eigenvalue weighted by Gasteiger charge is -2.28. The Kier molecular flexibility index (Phi) is 4.99. The van der Waals surface area contributed by atoms with Gasteiger partial charge in [-0.15, -0.1) is 0 Å². The molecule has 0 N–H and O–H groups in total. The summed E-state index contributed by atoms with van der Waals surface area (Å²) in [4.78, 5) is 22.6. The number of ether oxygens (including phenoxy) is 1. The Morgan fingerprint density at radius 1 is 1.36 bits per heavy atom. The summed E-state index contributed by atoms with van der Waals surface area (Å²) < 4.78 is 5.50. The average molecular weight is 200 g/mol. The van der Waals surface area contributed by atoms with Crippen molar-refractivity contribution in [1.29, 1.82) is 0 Å². The Labute approximate surface area is 85.8 Å². The van der Waals surface area contributed by atoms with Crippen molar-refractivity contribution in [3.63, 3.8) is 0 Å². The van der Waals surface area contributed by atoms with E-state index in [1.165, 1.54) is 6.92 Å². The van der Waals surface area contributed by atoms with Crippen molar-refractivity contribution in [3.05, 3.63) is 0 Å². The fourth-order valence-electron chi connectivity index (χ4n) is 1.16. The van der Waals surface area contributed by atoms with Crippen LogP contribution in [0.3, 0.4) is 0 Å². The van der Waals surface area contributed by atoms with Crippen molar-refractivity contribution >= 4 is 11.6 Å². The molecule has 0 aliphatic carbocycles. The number of ketones is 2. The van der Waals surface area contributed by atoms with Gasteiger partial charge < -0.3 is 4.74 Å². The van der Waals surface area contributed by atoms with Gasteiger partial charge in [-0.25, -0.2) is 0 Å². The van der Waals surface area contributed by atoms with E-state index in [-0.39, 0.29) is 11.6 Å². The molecule has 0 aromatic carbocycles. The molecule has 14 heavy (non-hydrogen) atoms. The van der Waals surface area contributed by atoms with Crippen LogP contribution in [-0.2, 0) is 14.3 Å². The summed E-state index contributed by atoms with van der Waals surface area (Å²) in [5, 5.41) is 0. The van der Waals surface area contributed by atoms with Crippen molar-refractivity contribution < 1.29 is 14.3 Å². The lowest BCUT2D eigenvalue weighted by Crippen LogP contribution is -2.41. The maximum atomic E-state index is 11.3. The van der Waals surface area contributed by atoms with Crippen LogP contribution >= 0.6 is 0 Å². The van der Waals surface area contributed by atoms with Crippen molar-refractivity contribution in [2.24, 2.45) is 0 Å². The van der Waals surface area contributed by atoms with Crippen molar-refractivity contribution in [2.75, 3.05) is 0 Å². The molecule has 0 fully saturated rings. The predicted octanol–water partition coefficient (Wildman–Crippen LogP) is 2.13. The van der Waals surface area contributed by atoms with E-state index in [0.717, 1.165) is 0 Å². The minimum absolute atomic E-state index is 0.0317. The number of carbonyl (C=O) groups excluding carboxylic acids is 2. The van der Waals surface area contributed by atoms with Gasteiger partial charge >= 0.3 is 0 Å². The van der Waals surface area contributed by atoms with Gasteiger partial charge in [0, 0.05) is 6.42 Å². The van der Waals surface area contributed by atoms with Crippen molar-refractivity contribution in [2.45, 2.75) is 59.2 Å². The molecule has 0 aliphatic rings. The molecule has 0 heterocycles. The molecule has 0 spiro atoms. The van der Waals surface area contributed by atoms with Gasteiger partial charge in [0.1, 0.15) is 11.7 Å². The molecule has 0 saturated carbocycles. The molecule has 0 aromatic heterocycles. The quantitative estimate of drug-likeness (QED) is 0.659. The first-order chi connectivity index (χ1) is 6.37. The largest absolute Gasteiger partial charge is 0.357 e. The van der Waals surface area contributed by atoms with Crippen LogP contribution in [0.2, 0.25) is 0 Å². The summed E-state index contributed by atoms with van der Waals surface area (Å²) in [5.41, 5.74) is -0.815. The lowest BCUT2D eigenvalue weighted by atomic mass is 9.98. The van der Waals surface area contributed by atoms with Crippen LogP contribution in [0, 0.1) is 0 Å². The van der Waals surface area contributed by atoms with Crippen molar-refractivity contribution in [1.82, 2.24) is 0 Å². The maximum absolute atomic E-state index is 11.3. The number of Topliss-reactive ketones (excluding diaryl/α,β-unsaturated/α-hetero) is 2. The van der Waals surface area contributed by atoms with E-state index in [2.05, 4.69) is 0 Å². The summed E-state index contributed by atoms with van der Waals surface area (Å²) in [5.74, 6) is 0.00155. The molecule has 0 saturated heterocycles. The molecule has 0 aliphatic heterocycles. The van der Waals surface area contributed by atoms with E-state index in [9.17, 15) is 9.59 Å². The van der Waals surface area contributed by atoms with Crippen LogP contribution in [0.4, 0.5) is 0 Å². The zero-order chi connectivity index (χ0) is 11.4. The highest BCUT2D eigenvalue weighted by Crippen LogP contribution is 2.19. The normalized spacial score (nSPS) is 17.2. The summed E-state index contributed by atoms with van der Waals surface area (Å²) in [6.45, 7) is 8.59. The smallest absolute Gasteiger partial charge is 0.161 e. The van der Waals surface area contributed by atoms with E-state index in [4.69, 9.17) is 4.74 Å². The highest BCUT2D eigenvalue weighted by atomic mass is 16.5. The monoisotopic (exact) mass is 200 g/mol. The van der Waals surface area contributed by atoms with Crippen LogP contribution in [0.5, 0.6) is 0 Å². The Balaban J connectivity index is 4.46. The van der Waals surface area contributed by atoms with Gasteiger partial charge in [-0.1, -0.05) is 13.8 Å². The van der Waals surface area contributed by atoms with Crippen LogP contribution < -0.4 is 0 Å². The minimum Gasteiger partial charge on any atom is -0.357 e. The van der Waals surface area contributed by atoms with Gasteiger partial charge in [-0.3, -0.25) is 9.59 Å². The highest BCUT2D eigenvalue weighted by Gasteiger charge is 2.32. The molecule has 82 valence electrons.